The summed E-state index contributed by atoms with van der Waals surface area (Å²) in [6, 6.07) is 4.18. The van der Waals surface area contributed by atoms with Crippen molar-refractivity contribution in [2.75, 3.05) is 6.61 Å². The van der Waals surface area contributed by atoms with E-state index < -0.39 is 5.60 Å². The highest BCUT2D eigenvalue weighted by Gasteiger charge is 2.14. The molecular weight excluding hydrogens is 209 g/mol. The second kappa shape index (κ2) is 4.80. The van der Waals surface area contributed by atoms with Gasteiger partial charge in [0.25, 0.3) is 0 Å². The van der Waals surface area contributed by atoms with Gasteiger partial charge in [-0.05, 0) is 26.8 Å². The van der Waals surface area contributed by atoms with Gasteiger partial charge in [-0.15, -0.1) is 0 Å². The summed E-state index contributed by atoms with van der Waals surface area (Å²) in [6.07, 6.45) is 0. The Hall–Kier alpha value is -1.13. The molecule has 4 heteroatoms. The molecule has 3 nitrogen and oxygen atoms in total. The van der Waals surface area contributed by atoms with Crippen molar-refractivity contribution in [2.24, 2.45) is 5.73 Å². The van der Waals surface area contributed by atoms with Crippen LogP contribution in [0.5, 0.6) is 5.75 Å². The summed E-state index contributed by atoms with van der Waals surface area (Å²) in [4.78, 5) is 0. The van der Waals surface area contributed by atoms with E-state index in [9.17, 15) is 9.50 Å². The molecule has 0 aliphatic heterocycles. The van der Waals surface area contributed by atoms with E-state index in [4.69, 9.17) is 10.5 Å². The Bertz CT molecular complexity index is 359. The largest absolute Gasteiger partial charge is 0.491 e. The van der Waals surface area contributed by atoms with Crippen molar-refractivity contribution < 1.29 is 14.2 Å². The Morgan fingerprint density at radius 1 is 1.50 bits per heavy atom. The summed E-state index contributed by atoms with van der Waals surface area (Å²) in [5, 5.41) is 9.45. The molecule has 0 aliphatic carbocycles. The minimum atomic E-state index is -0.934. The van der Waals surface area contributed by atoms with Crippen molar-refractivity contribution in [1.29, 1.82) is 0 Å². The Morgan fingerprint density at radius 3 is 2.56 bits per heavy atom. The third-order valence-electron chi connectivity index (χ3n) is 2.05. The molecule has 0 saturated heterocycles. The van der Waals surface area contributed by atoms with E-state index >= 15 is 0 Å². The maximum absolute atomic E-state index is 13.5. The number of rotatable bonds is 4. The van der Waals surface area contributed by atoms with Crippen molar-refractivity contribution in [3.63, 3.8) is 0 Å². The van der Waals surface area contributed by atoms with Gasteiger partial charge >= 0.3 is 0 Å². The smallest absolute Gasteiger partial charge is 0.131 e. The van der Waals surface area contributed by atoms with Crippen molar-refractivity contribution in [3.05, 3.63) is 29.6 Å². The van der Waals surface area contributed by atoms with Gasteiger partial charge in [-0.3, -0.25) is 0 Å². The number of ether oxygens (including phenoxy) is 1. The monoisotopic (exact) mass is 227 g/mol. The van der Waals surface area contributed by atoms with Gasteiger partial charge in [0.15, 0.2) is 0 Å². The van der Waals surface area contributed by atoms with Crippen LogP contribution in [-0.2, 0) is 0 Å². The molecule has 16 heavy (non-hydrogen) atoms. The Kier molecular flexibility index (Phi) is 3.88. The third kappa shape index (κ3) is 3.79. The van der Waals surface area contributed by atoms with Crippen LogP contribution in [0.4, 0.5) is 4.39 Å². The zero-order chi connectivity index (χ0) is 12.3. The lowest BCUT2D eigenvalue weighted by Gasteiger charge is -2.18. The third-order valence-corrected chi connectivity index (χ3v) is 2.05. The van der Waals surface area contributed by atoms with E-state index in [0.29, 0.717) is 11.3 Å². The van der Waals surface area contributed by atoms with Gasteiger partial charge in [0, 0.05) is 17.7 Å². The van der Waals surface area contributed by atoms with Gasteiger partial charge in [0.1, 0.15) is 18.2 Å². The molecule has 1 atom stereocenters. The maximum Gasteiger partial charge on any atom is 0.131 e. The van der Waals surface area contributed by atoms with E-state index in [0.717, 1.165) is 0 Å². The number of benzene rings is 1. The van der Waals surface area contributed by atoms with E-state index in [1.54, 1.807) is 32.9 Å². The zero-order valence-electron chi connectivity index (χ0n) is 9.83. The van der Waals surface area contributed by atoms with Crippen LogP contribution >= 0.6 is 0 Å². The van der Waals surface area contributed by atoms with Crippen LogP contribution in [-0.4, -0.2) is 17.3 Å². The van der Waals surface area contributed by atoms with Crippen molar-refractivity contribution in [1.82, 2.24) is 0 Å². The molecule has 0 bridgehead atoms. The standard InChI is InChI=1S/C12H18FNO2/c1-8(14)10-5-4-9(6-11(10)13)16-7-12(2,3)15/h4-6,8,15H,7,14H2,1-3H3. The van der Waals surface area contributed by atoms with E-state index in [-0.39, 0.29) is 18.5 Å². The minimum absolute atomic E-state index is 0.115. The van der Waals surface area contributed by atoms with Gasteiger partial charge < -0.3 is 15.6 Å². The highest BCUT2D eigenvalue weighted by molar-refractivity contribution is 5.30. The fourth-order valence-electron chi connectivity index (χ4n) is 1.23. The number of hydrogen-bond donors (Lipinski definition) is 2. The summed E-state index contributed by atoms with van der Waals surface area (Å²) in [5.74, 6) is 0.00673. The summed E-state index contributed by atoms with van der Waals surface area (Å²) >= 11 is 0. The lowest BCUT2D eigenvalue weighted by molar-refractivity contribution is 0.0283. The van der Waals surface area contributed by atoms with Crippen LogP contribution in [0.2, 0.25) is 0 Å². The van der Waals surface area contributed by atoms with Crippen LogP contribution in [0, 0.1) is 5.82 Å². The predicted octanol–water partition coefficient (Wildman–Crippen LogP) is 2.00. The molecule has 0 heterocycles. The lowest BCUT2D eigenvalue weighted by atomic mass is 10.1. The van der Waals surface area contributed by atoms with Crippen molar-refractivity contribution in [2.45, 2.75) is 32.4 Å². The molecule has 1 aromatic carbocycles. The van der Waals surface area contributed by atoms with Crippen LogP contribution in [0.15, 0.2) is 18.2 Å². The van der Waals surface area contributed by atoms with Gasteiger partial charge in [-0.2, -0.15) is 0 Å². The molecule has 3 N–H and O–H groups in total. The van der Waals surface area contributed by atoms with Crippen LogP contribution in [0.1, 0.15) is 32.4 Å². The van der Waals surface area contributed by atoms with Gasteiger partial charge in [-0.25, -0.2) is 4.39 Å². The summed E-state index contributed by atoms with van der Waals surface area (Å²) in [7, 11) is 0. The Labute approximate surface area is 95.0 Å². The van der Waals surface area contributed by atoms with Crippen LogP contribution < -0.4 is 10.5 Å². The normalized spacial score (nSPS) is 13.6. The molecule has 0 aromatic heterocycles. The summed E-state index contributed by atoms with van der Waals surface area (Å²) in [5.41, 5.74) is 5.11. The molecule has 0 fully saturated rings. The first-order valence-electron chi connectivity index (χ1n) is 5.20. The second-order valence-electron chi connectivity index (χ2n) is 4.57. The quantitative estimate of drug-likeness (QED) is 0.827. The highest BCUT2D eigenvalue weighted by Crippen LogP contribution is 2.21. The SMILES string of the molecule is CC(N)c1ccc(OCC(C)(C)O)cc1F. The average Bonchev–Trinajstić information content (AvgIpc) is 2.13. The molecule has 0 aliphatic rings. The van der Waals surface area contributed by atoms with Crippen molar-refractivity contribution in [3.8, 4) is 5.75 Å². The fourth-order valence-corrected chi connectivity index (χ4v) is 1.23. The fraction of sp³-hybridized carbons (Fsp3) is 0.500. The predicted molar refractivity (Wildman–Crippen MR) is 60.8 cm³/mol. The van der Waals surface area contributed by atoms with Gasteiger partial charge in [0.2, 0.25) is 0 Å². The molecule has 1 aromatic rings. The molecule has 0 saturated carbocycles. The first-order chi connectivity index (χ1) is 7.29. The van der Waals surface area contributed by atoms with Crippen LogP contribution in [0.25, 0.3) is 0 Å². The van der Waals surface area contributed by atoms with Crippen LogP contribution in [0.3, 0.4) is 0 Å². The van der Waals surface area contributed by atoms with Crippen molar-refractivity contribution >= 4 is 0 Å². The van der Waals surface area contributed by atoms with Gasteiger partial charge in [-0.1, -0.05) is 6.07 Å². The summed E-state index contributed by atoms with van der Waals surface area (Å²) in [6.45, 7) is 5.08. The first kappa shape index (κ1) is 12.9. The zero-order valence-corrected chi connectivity index (χ0v) is 9.83. The molecular formula is C12H18FNO2. The molecule has 1 unspecified atom stereocenters. The van der Waals surface area contributed by atoms with E-state index in [1.165, 1.54) is 6.07 Å². The lowest BCUT2D eigenvalue weighted by Crippen LogP contribution is -2.27. The van der Waals surface area contributed by atoms with E-state index in [2.05, 4.69) is 0 Å². The number of halogens is 1. The first-order valence-corrected chi connectivity index (χ1v) is 5.20. The minimum Gasteiger partial charge on any atom is -0.491 e. The molecule has 0 radical (unpaired) electrons. The second-order valence-corrected chi connectivity index (χ2v) is 4.57. The average molecular weight is 227 g/mol. The molecule has 90 valence electrons. The Morgan fingerprint density at radius 2 is 2.12 bits per heavy atom. The van der Waals surface area contributed by atoms with Gasteiger partial charge in [0.05, 0.1) is 5.60 Å². The highest BCUT2D eigenvalue weighted by atomic mass is 19.1. The Balaban J connectivity index is 2.74. The number of nitrogens with two attached hydrogens (primary N) is 1. The molecule has 1 rings (SSSR count). The molecule has 0 spiro atoms. The topological polar surface area (TPSA) is 55.5 Å². The van der Waals surface area contributed by atoms with E-state index in [1.807, 2.05) is 0 Å². The summed E-state index contributed by atoms with van der Waals surface area (Å²) < 4.78 is 18.8. The maximum atomic E-state index is 13.5. The number of hydrogen-bond acceptors (Lipinski definition) is 3. The molecule has 0 amide bonds. The number of aliphatic hydroxyl groups is 1.